The second-order valence-electron chi connectivity index (χ2n) is 4.99. The molecular weight excluding hydrogens is 272 g/mol. The molecule has 0 aliphatic carbocycles. The van der Waals surface area contributed by atoms with Gasteiger partial charge in [-0.3, -0.25) is 0 Å². The molecule has 0 bridgehead atoms. The SMILES string of the molecule is C=Cc1cc2ccccc2c(C#CC(CO)COC)c1C=C. The number of aliphatic hydroxyl groups is 1. The zero-order valence-corrected chi connectivity index (χ0v) is 12.8. The zero-order chi connectivity index (χ0) is 15.9. The zero-order valence-electron chi connectivity index (χ0n) is 12.8. The number of methoxy groups -OCH3 is 1. The molecule has 0 heterocycles. The van der Waals surface area contributed by atoms with Crippen molar-refractivity contribution in [1.82, 2.24) is 0 Å². The number of benzene rings is 2. The van der Waals surface area contributed by atoms with E-state index in [1.165, 1.54) is 0 Å². The second kappa shape index (κ2) is 7.61. The van der Waals surface area contributed by atoms with E-state index in [1.807, 2.05) is 24.3 Å². The molecule has 0 fully saturated rings. The highest BCUT2D eigenvalue weighted by molar-refractivity contribution is 5.94. The van der Waals surface area contributed by atoms with Crippen LogP contribution in [0.3, 0.4) is 0 Å². The minimum absolute atomic E-state index is 0.0245. The maximum atomic E-state index is 9.36. The third kappa shape index (κ3) is 3.28. The minimum atomic E-state index is -0.200. The van der Waals surface area contributed by atoms with E-state index in [1.54, 1.807) is 13.2 Å². The summed E-state index contributed by atoms with van der Waals surface area (Å²) in [7, 11) is 1.60. The highest BCUT2D eigenvalue weighted by Crippen LogP contribution is 2.27. The van der Waals surface area contributed by atoms with Gasteiger partial charge in [0, 0.05) is 12.7 Å². The maximum Gasteiger partial charge on any atom is 0.0671 e. The predicted molar refractivity (Wildman–Crippen MR) is 93.5 cm³/mol. The number of aliphatic hydroxyl groups excluding tert-OH is 1. The fourth-order valence-corrected chi connectivity index (χ4v) is 2.42. The smallest absolute Gasteiger partial charge is 0.0671 e. The summed E-state index contributed by atoms with van der Waals surface area (Å²) in [4.78, 5) is 0. The fraction of sp³-hybridized carbons (Fsp3) is 0.200. The van der Waals surface area contributed by atoms with Gasteiger partial charge in [-0.15, -0.1) is 0 Å². The van der Waals surface area contributed by atoms with Crippen molar-refractivity contribution < 1.29 is 9.84 Å². The van der Waals surface area contributed by atoms with E-state index in [0.29, 0.717) is 6.61 Å². The van der Waals surface area contributed by atoms with Crippen molar-refractivity contribution in [2.75, 3.05) is 20.3 Å². The summed E-state index contributed by atoms with van der Waals surface area (Å²) in [5, 5.41) is 11.5. The maximum absolute atomic E-state index is 9.36. The van der Waals surface area contributed by atoms with Gasteiger partial charge in [0.25, 0.3) is 0 Å². The first-order chi connectivity index (χ1) is 10.7. The van der Waals surface area contributed by atoms with E-state index in [2.05, 4.69) is 37.1 Å². The topological polar surface area (TPSA) is 29.5 Å². The summed E-state index contributed by atoms with van der Waals surface area (Å²) < 4.78 is 5.07. The Morgan fingerprint density at radius 1 is 1.27 bits per heavy atom. The van der Waals surface area contributed by atoms with Gasteiger partial charge >= 0.3 is 0 Å². The van der Waals surface area contributed by atoms with Gasteiger partial charge in [-0.2, -0.15) is 0 Å². The van der Waals surface area contributed by atoms with Gasteiger partial charge in [0.1, 0.15) is 0 Å². The standard InChI is InChI=1S/C20H20O2/c1-4-16-12-17-8-6-7-9-19(17)20(18(16)5-2)11-10-15(13-21)14-22-3/h4-9,12,15,21H,1-2,13-14H2,3H3. The Hall–Kier alpha value is -2.34. The molecular formula is C20H20O2. The molecule has 112 valence electrons. The van der Waals surface area contributed by atoms with Gasteiger partial charge in [-0.1, -0.05) is 61.4 Å². The molecule has 1 atom stereocenters. The molecule has 0 saturated heterocycles. The lowest BCUT2D eigenvalue weighted by Crippen LogP contribution is -2.10. The summed E-state index contributed by atoms with van der Waals surface area (Å²) in [6, 6.07) is 10.2. The summed E-state index contributed by atoms with van der Waals surface area (Å²) in [5.74, 6) is 6.11. The fourth-order valence-electron chi connectivity index (χ4n) is 2.42. The van der Waals surface area contributed by atoms with Crippen molar-refractivity contribution in [2.45, 2.75) is 0 Å². The summed E-state index contributed by atoms with van der Waals surface area (Å²) in [6.45, 7) is 8.16. The predicted octanol–water partition coefficient (Wildman–Crippen LogP) is 3.73. The van der Waals surface area contributed by atoms with Gasteiger partial charge in [-0.25, -0.2) is 0 Å². The van der Waals surface area contributed by atoms with Crippen molar-refractivity contribution in [3.8, 4) is 11.8 Å². The van der Waals surface area contributed by atoms with Crippen LogP contribution in [-0.4, -0.2) is 25.4 Å². The van der Waals surface area contributed by atoms with E-state index in [9.17, 15) is 5.11 Å². The van der Waals surface area contributed by atoms with Crippen LogP contribution in [0.1, 0.15) is 16.7 Å². The van der Waals surface area contributed by atoms with Crippen molar-refractivity contribution in [3.05, 3.63) is 60.2 Å². The molecule has 22 heavy (non-hydrogen) atoms. The van der Waals surface area contributed by atoms with Crippen LogP contribution in [0.2, 0.25) is 0 Å². The van der Waals surface area contributed by atoms with Gasteiger partial charge in [-0.05, 0) is 28.0 Å². The summed E-state index contributed by atoms with van der Waals surface area (Å²) in [6.07, 6.45) is 3.62. The molecule has 2 heteroatoms. The molecule has 2 aromatic rings. The third-order valence-corrected chi connectivity index (χ3v) is 3.54. The lowest BCUT2D eigenvalue weighted by Gasteiger charge is -2.10. The summed E-state index contributed by atoms with van der Waals surface area (Å²) >= 11 is 0. The quantitative estimate of drug-likeness (QED) is 0.851. The monoisotopic (exact) mass is 292 g/mol. The van der Waals surface area contributed by atoms with Gasteiger partial charge < -0.3 is 9.84 Å². The Kier molecular flexibility index (Phi) is 5.55. The second-order valence-corrected chi connectivity index (χ2v) is 4.99. The Morgan fingerprint density at radius 2 is 2.05 bits per heavy atom. The van der Waals surface area contributed by atoms with Crippen LogP contribution < -0.4 is 0 Å². The molecule has 0 radical (unpaired) electrons. The molecule has 0 amide bonds. The van der Waals surface area contributed by atoms with Crippen molar-refractivity contribution in [2.24, 2.45) is 5.92 Å². The van der Waals surface area contributed by atoms with Crippen LogP contribution in [0.4, 0.5) is 0 Å². The van der Waals surface area contributed by atoms with E-state index in [-0.39, 0.29) is 12.5 Å². The number of hydrogen-bond acceptors (Lipinski definition) is 2. The lowest BCUT2D eigenvalue weighted by atomic mass is 9.93. The number of rotatable bonds is 5. The normalized spacial score (nSPS) is 11.5. The van der Waals surface area contributed by atoms with Gasteiger partial charge in [0.05, 0.1) is 19.1 Å². The molecule has 0 aliphatic heterocycles. The van der Waals surface area contributed by atoms with Crippen LogP contribution in [0, 0.1) is 17.8 Å². The molecule has 0 saturated carbocycles. The highest BCUT2D eigenvalue weighted by Gasteiger charge is 2.08. The van der Waals surface area contributed by atoms with Crippen LogP contribution in [-0.2, 0) is 4.74 Å². The average molecular weight is 292 g/mol. The Balaban J connectivity index is 2.67. The first-order valence-corrected chi connectivity index (χ1v) is 7.17. The molecule has 2 nitrogen and oxygen atoms in total. The Bertz CT molecular complexity index is 747. The molecule has 2 aromatic carbocycles. The minimum Gasteiger partial charge on any atom is -0.395 e. The van der Waals surface area contributed by atoms with Gasteiger partial charge in [0.2, 0.25) is 0 Å². The van der Waals surface area contributed by atoms with Crippen LogP contribution >= 0.6 is 0 Å². The molecule has 0 aliphatic rings. The molecule has 2 rings (SSSR count). The van der Waals surface area contributed by atoms with Gasteiger partial charge in [0.15, 0.2) is 0 Å². The van der Waals surface area contributed by atoms with E-state index < -0.39 is 0 Å². The highest BCUT2D eigenvalue weighted by atomic mass is 16.5. The summed E-state index contributed by atoms with van der Waals surface area (Å²) in [5.41, 5.74) is 2.89. The van der Waals surface area contributed by atoms with Crippen LogP contribution in [0.15, 0.2) is 43.5 Å². The molecule has 1 unspecified atom stereocenters. The van der Waals surface area contributed by atoms with E-state index in [0.717, 1.165) is 27.5 Å². The van der Waals surface area contributed by atoms with Crippen LogP contribution in [0.5, 0.6) is 0 Å². The van der Waals surface area contributed by atoms with E-state index >= 15 is 0 Å². The molecule has 0 aromatic heterocycles. The Labute approximate surface area is 131 Å². The van der Waals surface area contributed by atoms with Crippen molar-refractivity contribution >= 4 is 22.9 Å². The first-order valence-electron chi connectivity index (χ1n) is 7.17. The average Bonchev–Trinajstić information content (AvgIpc) is 2.57. The lowest BCUT2D eigenvalue weighted by molar-refractivity contribution is 0.136. The van der Waals surface area contributed by atoms with Crippen molar-refractivity contribution in [1.29, 1.82) is 0 Å². The molecule has 1 N–H and O–H groups in total. The largest absolute Gasteiger partial charge is 0.395 e. The Morgan fingerprint density at radius 3 is 2.68 bits per heavy atom. The number of fused-ring (bicyclic) bond motifs is 1. The first kappa shape index (κ1) is 16.0. The third-order valence-electron chi connectivity index (χ3n) is 3.54. The van der Waals surface area contributed by atoms with Crippen molar-refractivity contribution in [3.63, 3.8) is 0 Å². The number of ether oxygens (including phenoxy) is 1. The van der Waals surface area contributed by atoms with Crippen LogP contribution in [0.25, 0.3) is 22.9 Å². The number of hydrogen-bond donors (Lipinski definition) is 1. The van der Waals surface area contributed by atoms with E-state index in [4.69, 9.17) is 4.74 Å². The molecule has 0 spiro atoms.